The molecule has 0 saturated carbocycles. The van der Waals surface area contributed by atoms with Crippen LogP contribution in [-0.4, -0.2) is 68.6 Å². The molecule has 0 bridgehead atoms. The zero-order valence-electron chi connectivity index (χ0n) is 24.6. The van der Waals surface area contributed by atoms with E-state index in [1.54, 1.807) is 37.3 Å². The first-order chi connectivity index (χ1) is 20.2. The Kier molecular flexibility index (Phi) is 12.7. The molecule has 0 radical (unpaired) electrons. The Morgan fingerprint density at radius 3 is 2.38 bits per heavy atom. The van der Waals surface area contributed by atoms with E-state index < -0.39 is 51.4 Å². The Labute approximate surface area is 272 Å². The van der Waals surface area contributed by atoms with Crippen molar-refractivity contribution >= 4 is 64.2 Å². The summed E-state index contributed by atoms with van der Waals surface area (Å²) in [5, 5.41) is 15.4. The lowest BCUT2D eigenvalue weighted by atomic mass is 10.0. The van der Waals surface area contributed by atoms with Crippen molar-refractivity contribution in [2.75, 3.05) is 29.8 Å². The second-order valence-electron chi connectivity index (χ2n) is 10.4. The number of piperidine rings is 1. The molecule has 4 N–H and O–H groups in total. The number of carbonyl (C=O) groups excluding carboxylic acids is 1. The molecule has 2 aromatic rings. The second kappa shape index (κ2) is 15.2. The van der Waals surface area contributed by atoms with Gasteiger partial charge in [0.05, 0.1) is 29.7 Å². The summed E-state index contributed by atoms with van der Waals surface area (Å²) in [6, 6.07) is 7.70. The van der Waals surface area contributed by atoms with Crippen molar-refractivity contribution in [3.05, 3.63) is 64.7 Å². The Balaban J connectivity index is 0.00000353. The number of nitrogens with zero attached hydrogens (tertiary/aromatic N) is 2. The SMILES string of the molecule is CCOC(=O)CS(=O)(=O)N1c2cc(C(F)(F)F)c(OC3CCN(C(C)=N)CC3)cc2CC1/C=C/c1cccc(C(=N)N)c1.Cl.Cl. The van der Waals surface area contributed by atoms with Crippen molar-refractivity contribution < 1.29 is 35.9 Å². The molecular weight excluding hydrogens is 658 g/mol. The average molecular weight is 695 g/mol. The van der Waals surface area contributed by atoms with E-state index in [1.807, 2.05) is 4.90 Å². The monoisotopic (exact) mass is 693 g/mol. The second-order valence-corrected chi connectivity index (χ2v) is 12.2. The van der Waals surface area contributed by atoms with Crippen molar-refractivity contribution in [3.63, 3.8) is 0 Å². The normalized spacial score (nSPS) is 16.9. The van der Waals surface area contributed by atoms with Crippen molar-refractivity contribution in [2.24, 2.45) is 5.73 Å². The Hall–Kier alpha value is -3.49. The zero-order chi connectivity index (χ0) is 31.5. The van der Waals surface area contributed by atoms with Gasteiger partial charge in [0.15, 0.2) is 5.75 Å². The van der Waals surface area contributed by atoms with Gasteiger partial charge in [0, 0.05) is 31.5 Å². The highest BCUT2D eigenvalue weighted by Gasteiger charge is 2.43. The minimum atomic E-state index is -4.85. The van der Waals surface area contributed by atoms with Gasteiger partial charge < -0.3 is 20.1 Å². The van der Waals surface area contributed by atoms with Crippen LogP contribution in [-0.2, 0) is 32.2 Å². The number of ether oxygens (including phenoxy) is 2. The number of halogens is 5. The number of hydrogen-bond donors (Lipinski definition) is 3. The summed E-state index contributed by atoms with van der Waals surface area (Å²) in [7, 11) is -4.47. The molecular formula is C29H36Cl2F3N5O5S. The third kappa shape index (κ3) is 9.04. The van der Waals surface area contributed by atoms with Gasteiger partial charge >= 0.3 is 12.1 Å². The molecule has 45 heavy (non-hydrogen) atoms. The van der Waals surface area contributed by atoms with Crippen molar-refractivity contribution in [2.45, 2.75) is 51.4 Å². The number of anilines is 1. The molecule has 0 amide bonds. The lowest BCUT2D eigenvalue weighted by Gasteiger charge is -2.33. The van der Waals surface area contributed by atoms with Crippen molar-refractivity contribution in [3.8, 4) is 5.75 Å². The van der Waals surface area contributed by atoms with Crippen LogP contribution in [0.3, 0.4) is 0 Å². The van der Waals surface area contributed by atoms with Crippen LogP contribution in [0.25, 0.3) is 6.08 Å². The predicted octanol–water partition coefficient (Wildman–Crippen LogP) is 5.01. The van der Waals surface area contributed by atoms with E-state index in [-0.39, 0.29) is 49.4 Å². The first-order valence-electron chi connectivity index (χ1n) is 13.7. The summed E-state index contributed by atoms with van der Waals surface area (Å²) in [5.41, 5.74) is 5.62. The number of rotatable bonds is 9. The van der Waals surface area contributed by atoms with Gasteiger partial charge in [-0.05, 0) is 49.6 Å². The van der Waals surface area contributed by atoms with Gasteiger partial charge in [-0.2, -0.15) is 13.2 Å². The molecule has 0 spiro atoms. The molecule has 1 saturated heterocycles. The van der Waals surface area contributed by atoms with Gasteiger partial charge in [-0.15, -0.1) is 24.8 Å². The molecule has 2 aliphatic heterocycles. The van der Waals surface area contributed by atoms with Crippen LogP contribution in [0, 0.1) is 10.8 Å². The fourth-order valence-corrected chi connectivity index (χ4v) is 6.78. The van der Waals surface area contributed by atoms with Crippen LogP contribution in [0.5, 0.6) is 5.75 Å². The zero-order valence-corrected chi connectivity index (χ0v) is 27.0. The van der Waals surface area contributed by atoms with Crippen LogP contribution >= 0.6 is 24.8 Å². The van der Waals surface area contributed by atoms with Gasteiger partial charge in [0.1, 0.15) is 17.7 Å². The third-order valence-electron chi connectivity index (χ3n) is 7.28. The van der Waals surface area contributed by atoms with Crippen molar-refractivity contribution in [1.29, 1.82) is 10.8 Å². The van der Waals surface area contributed by atoms with E-state index in [9.17, 15) is 26.4 Å². The van der Waals surface area contributed by atoms with Crippen LogP contribution in [0.2, 0.25) is 0 Å². The molecule has 1 fully saturated rings. The minimum Gasteiger partial charge on any atom is -0.490 e. The third-order valence-corrected chi connectivity index (χ3v) is 8.94. The van der Waals surface area contributed by atoms with E-state index in [4.69, 9.17) is 26.0 Å². The summed E-state index contributed by atoms with van der Waals surface area (Å²) < 4.78 is 81.6. The molecule has 1 atom stereocenters. The number of fused-ring (bicyclic) bond motifs is 1. The number of hydrogen-bond acceptors (Lipinski definition) is 7. The average Bonchev–Trinajstić information content (AvgIpc) is 3.29. The van der Waals surface area contributed by atoms with Crippen LogP contribution in [0.4, 0.5) is 18.9 Å². The maximum atomic E-state index is 14.3. The quantitative estimate of drug-likeness (QED) is 0.190. The molecule has 4 rings (SSSR count). The van der Waals surface area contributed by atoms with Crippen LogP contribution in [0.15, 0.2) is 42.5 Å². The number of sulfonamides is 1. The first kappa shape index (κ1) is 37.7. The molecule has 16 heteroatoms. The van der Waals surface area contributed by atoms with Gasteiger partial charge in [-0.1, -0.05) is 30.4 Å². The minimum absolute atomic E-state index is 0. The molecule has 2 aromatic carbocycles. The smallest absolute Gasteiger partial charge is 0.420 e. The Bertz CT molecular complexity index is 1550. The maximum absolute atomic E-state index is 14.3. The van der Waals surface area contributed by atoms with E-state index >= 15 is 0 Å². The van der Waals surface area contributed by atoms with Gasteiger partial charge in [0.2, 0.25) is 10.0 Å². The van der Waals surface area contributed by atoms with Gasteiger partial charge in [0.25, 0.3) is 0 Å². The number of benzene rings is 2. The van der Waals surface area contributed by atoms with Gasteiger partial charge in [-0.25, -0.2) is 8.42 Å². The lowest BCUT2D eigenvalue weighted by Crippen LogP contribution is -2.40. The highest BCUT2D eigenvalue weighted by atomic mass is 35.5. The van der Waals surface area contributed by atoms with E-state index in [0.717, 1.165) is 10.4 Å². The fraction of sp³-hybridized carbons (Fsp3) is 0.414. The molecule has 0 aromatic heterocycles. The number of amidine groups is 2. The Morgan fingerprint density at radius 1 is 1.13 bits per heavy atom. The number of nitrogens with one attached hydrogen (secondary N) is 2. The largest absolute Gasteiger partial charge is 0.490 e. The number of nitrogens with two attached hydrogens (primary N) is 1. The number of likely N-dealkylation sites (tertiary alicyclic amines) is 1. The molecule has 2 heterocycles. The van der Waals surface area contributed by atoms with Crippen molar-refractivity contribution in [1.82, 2.24) is 4.90 Å². The highest BCUT2D eigenvalue weighted by Crippen LogP contribution is 2.45. The standard InChI is InChI=1S/C29H34F3N5O5S.2ClH/c1-3-41-27(38)17-43(39,40)37-22(8-7-19-5-4-6-20(13-19)28(34)35)14-21-15-26(24(16-25(21)37)29(30,31)32)42-23-9-11-36(12-10-23)18(2)33;;/h4-8,13,15-16,22-23,33H,3,9-12,14,17H2,1-2H3,(H3,34,35);2*1H/b8-7+,33-18?;;. The summed E-state index contributed by atoms with van der Waals surface area (Å²) >= 11 is 0. The fourth-order valence-electron chi connectivity index (χ4n) is 5.23. The maximum Gasteiger partial charge on any atom is 0.420 e. The highest BCUT2D eigenvalue weighted by molar-refractivity contribution is 7.93. The van der Waals surface area contributed by atoms with Crippen LogP contribution < -0.4 is 14.8 Å². The number of alkyl halides is 3. The number of carbonyl (C=O) groups is 1. The molecule has 10 nitrogen and oxygen atoms in total. The summed E-state index contributed by atoms with van der Waals surface area (Å²) in [5.74, 6) is -2.24. The van der Waals surface area contributed by atoms with E-state index in [2.05, 4.69) is 0 Å². The molecule has 0 aliphatic carbocycles. The molecule has 248 valence electrons. The number of nitrogen functional groups attached to an aromatic ring is 1. The number of esters is 1. The van der Waals surface area contributed by atoms with Gasteiger partial charge in [-0.3, -0.25) is 19.9 Å². The summed E-state index contributed by atoms with van der Waals surface area (Å²) in [4.78, 5) is 14.0. The molecule has 1 unspecified atom stereocenters. The first-order valence-corrected chi connectivity index (χ1v) is 15.3. The molecule has 2 aliphatic rings. The predicted molar refractivity (Wildman–Crippen MR) is 171 cm³/mol. The van der Waals surface area contributed by atoms with E-state index in [1.165, 1.54) is 19.1 Å². The van der Waals surface area contributed by atoms with E-state index in [0.29, 0.717) is 48.5 Å². The topological polar surface area (TPSA) is 150 Å². The summed E-state index contributed by atoms with van der Waals surface area (Å²) in [6.45, 7) is 4.06. The van der Waals surface area contributed by atoms with Crippen LogP contribution in [0.1, 0.15) is 48.9 Å². The summed E-state index contributed by atoms with van der Waals surface area (Å²) in [6.07, 6.45) is -1.36. The lowest BCUT2D eigenvalue weighted by molar-refractivity contribution is -0.140. The Morgan fingerprint density at radius 2 is 1.80 bits per heavy atom.